The normalized spacial score (nSPS) is 20.0. The molecule has 5 nitrogen and oxygen atoms in total. The van der Waals surface area contributed by atoms with Gasteiger partial charge in [-0.05, 0) is 25.2 Å². The highest BCUT2D eigenvalue weighted by molar-refractivity contribution is 5.94. The fourth-order valence-electron chi connectivity index (χ4n) is 2.38. The van der Waals surface area contributed by atoms with Crippen LogP contribution in [-0.4, -0.2) is 42.8 Å². The minimum absolute atomic E-state index is 0.121. The molecule has 0 aliphatic carbocycles. The summed E-state index contributed by atoms with van der Waals surface area (Å²) in [5.74, 6) is -0.0820. The molecule has 5 heteroatoms. The third-order valence-electron chi connectivity index (χ3n) is 3.90. The number of imide groups is 1. The van der Waals surface area contributed by atoms with Gasteiger partial charge in [-0.3, -0.25) is 4.79 Å². The van der Waals surface area contributed by atoms with Crippen LogP contribution in [0.25, 0.3) is 0 Å². The summed E-state index contributed by atoms with van der Waals surface area (Å²) < 4.78 is 10.5. The number of hydrogen-bond donors (Lipinski definition) is 0. The second kappa shape index (κ2) is 9.03. The molecule has 0 N–H and O–H groups in total. The lowest BCUT2D eigenvalue weighted by molar-refractivity contribution is -0.133. The highest BCUT2D eigenvalue weighted by Gasteiger charge is 2.40. The van der Waals surface area contributed by atoms with Gasteiger partial charge in [0, 0.05) is 19.1 Å². The minimum Gasteiger partial charge on any atom is -0.447 e. The van der Waals surface area contributed by atoms with Gasteiger partial charge in [-0.1, -0.05) is 34.1 Å². The number of nitrogens with zero attached hydrogens (tertiary/aromatic N) is 1. The van der Waals surface area contributed by atoms with Crippen LogP contribution in [0.15, 0.2) is 0 Å². The van der Waals surface area contributed by atoms with Crippen molar-refractivity contribution in [3.63, 3.8) is 0 Å². The Hall–Kier alpha value is -1.10. The number of amides is 2. The van der Waals surface area contributed by atoms with E-state index >= 15 is 0 Å². The number of unbranched alkanes of at least 4 members (excludes halogenated alkanes) is 1. The average Bonchev–Trinajstić information content (AvgIpc) is 2.83. The summed E-state index contributed by atoms with van der Waals surface area (Å²) in [6.07, 6.45) is 3.28. The highest BCUT2D eigenvalue weighted by atomic mass is 16.6. The van der Waals surface area contributed by atoms with Gasteiger partial charge in [0.05, 0.1) is 6.04 Å². The fourth-order valence-corrected chi connectivity index (χ4v) is 2.38. The first-order valence-corrected chi connectivity index (χ1v) is 8.06. The number of carbonyl (C=O) groups is 2. The summed E-state index contributed by atoms with van der Waals surface area (Å²) in [5, 5.41) is 0. The van der Waals surface area contributed by atoms with Crippen LogP contribution < -0.4 is 0 Å². The summed E-state index contributed by atoms with van der Waals surface area (Å²) in [7, 11) is 0. The van der Waals surface area contributed by atoms with Crippen LogP contribution in [0, 0.1) is 11.8 Å². The molecule has 2 atom stereocenters. The zero-order chi connectivity index (χ0) is 15.8. The van der Waals surface area contributed by atoms with Crippen molar-refractivity contribution >= 4 is 12.0 Å². The van der Waals surface area contributed by atoms with Crippen molar-refractivity contribution in [3.05, 3.63) is 0 Å². The number of rotatable bonds is 9. The highest BCUT2D eigenvalue weighted by Crippen LogP contribution is 2.23. The van der Waals surface area contributed by atoms with Crippen LogP contribution in [0.2, 0.25) is 0 Å². The summed E-state index contributed by atoms with van der Waals surface area (Å²) in [4.78, 5) is 25.5. The molecule has 122 valence electrons. The average molecular weight is 299 g/mol. The van der Waals surface area contributed by atoms with Crippen LogP contribution in [0.3, 0.4) is 0 Å². The summed E-state index contributed by atoms with van der Waals surface area (Å²) in [6.45, 7) is 9.78. The zero-order valence-corrected chi connectivity index (χ0v) is 13.8. The van der Waals surface area contributed by atoms with Crippen molar-refractivity contribution < 1.29 is 19.1 Å². The molecule has 0 spiro atoms. The van der Waals surface area contributed by atoms with Crippen molar-refractivity contribution in [2.45, 2.75) is 59.4 Å². The van der Waals surface area contributed by atoms with Crippen molar-refractivity contribution in [1.82, 2.24) is 4.90 Å². The molecule has 2 amide bonds. The summed E-state index contributed by atoms with van der Waals surface area (Å²) >= 11 is 0. The molecule has 0 aromatic rings. The molecule has 0 aromatic heterocycles. The van der Waals surface area contributed by atoms with E-state index < -0.39 is 6.09 Å². The molecule has 0 unspecified atom stereocenters. The Morgan fingerprint density at radius 1 is 1.33 bits per heavy atom. The molecule has 0 aromatic carbocycles. The Balaban J connectivity index is 2.37. The van der Waals surface area contributed by atoms with E-state index in [4.69, 9.17) is 9.47 Å². The minimum atomic E-state index is -0.496. The summed E-state index contributed by atoms with van der Waals surface area (Å²) in [6, 6.07) is -0.131. The fraction of sp³-hybridized carbons (Fsp3) is 0.875. The van der Waals surface area contributed by atoms with Gasteiger partial charge < -0.3 is 9.47 Å². The van der Waals surface area contributed by atoms with E-state index in [1.54, 1.807) is 0 Å². The molecule has 1 fully saturated rings. The molecule has 0 radical (unpaired) electrons. The smallest absolute Gasteiger partial charge is 0.416 e. The molecule has 1 aliphatic rings. The van der Waals surface area contributed by atoms with E-state index in [0.717, 1.165) is 32.3 Å². The quantitative estimate of drug-likeness (QED) is 0.613. The molecule has 1 heterocycles. The van der Waals surface area contributed by atoms with E-state index in [1.807, 2.05) is 20.8 Å². The van der Waals surface area contributed by atoms with Crippen molar-refractivity contribution in [2.75, 3.05) is 19.8 Å². The van der Waals surface area contributed by atoms with Crippen molar-refractivity contribution in [2.24, 2.45) is 11.8 Å². The Labute approximate surface area is 128 Å². The van der Waals surface area contributed by atoms with Gasteiger partial charge in [-0.25, -0.2) is 9.69 Å². The maximum Gasteiger partial charge on any atom is 0.416 e. The lowest BCUT2D eigenvalue weighted by Gasteiger charge is -2.25. The predicted molar refractivity (Wildman–Crippen MR) is 80.9 cm³/mol. The standard InChI is InChI=1S/C16H29NO4/c1-5-6-9-20-10-7-8-13(4)15(18)17-14(12(2)3)11-21-16(17)19/h12-14H,5-11H2,1-4H3/t13-,14+/m0/s1. The van der Waals surface area contributed by atoms with E-state index in [0.29, 0.717) is 13.2 Å². The van der Waals surface area contributed by atoms with Crippen LogP contribution in [0.1, 0.15) is 53.4 Å². The number of cyclic esters (lactones) is 1. The molecular formula is C16H29NO4. The first-order chi connectivity index (χ1) is 9.99. The molecule has 0 bridgehead atoms. The van der Waals surface area contributed by atoms with Crippen molar-refractivity contribution in [3.8, 4) is 0 Å². The van der Waals surface area contributed by atoms with E-state index in [2.05, 4.69) is 6.92 Å². The van der Waals surface area contributed by atoms with Gasteiger partial charge in [-0.2, -0.15) is 0 Å². The van der Waals surface area contributed by atoms with E-state index in [1.165, 1.54) is 4.90 Å². The molecule has 1 rings (SSSR count). The number of ether oxygens (including phenoxy) is 2. The first kappa shape index (κ1) is 18.0. The van der Waals surface area contributed by atoms with E-state index in [9.17, 15) is 9.59 Å². The largest absolute Gasteiger partial charge is 0.447 e. The van der Waals surface area contributed by atoms with Gasteiger partial charge in [-0.15, -0.1) is 0 Å². The molecule has 21 heavy (non-hydrogen) atoms. The lowest BCUT2D eigenvalue weighted by atomic mass is 10.00. The third kappa shape index (κ3) is 5.30. The third-order valence-corrected chi connectivity index (χ3v) is 3.90. The van der Waals surface area contributed by atoms with Crippen LogP contribution in [0.5, 0.6) is 0 Å². The van der Waals surface area contributed by atoms with Crippen LogP contribution >= 0.6 is 0 Å². The second-order valence-electron chi connectivity index (χ2n) is 6.11. The topological polar surface area (TPSA) is 55.8 Å². The van der Waals surface area contributed by atoms with Crippen molar-refractivity contribution in [1.29, 1.82) is 0 Å². The number of hydrogen-bond acceptors (Lipinski definition) is 4. The Bertz CT molecular complexity index is 343. The summed E-state index contributed by atoms with van der Waals surface area (Å²) in [5.41, 5.74) is 0. The van der Waals surface area contributed by atoms with Gasteiger partial charge in [0.1, 0.15) is 6.61 Å². The monoisotopic (exact) mass is 299 g/mol. The SMILES string of the molecule is CCCCOCCC[C@H](C)C(=O)N1C(=O)OC[C@@H]1C(C)C. The Morgan fingerprint density at radius 2 is 2.00 bits per heavy atom. The predicted octanol–water partition coefficient (Wildman–Crippen LogP) is 3.22. The molecule has 0 saturated carbocycles. The Morgan fingerprint density at radius 3 is 2.62 bits per heavy atom. The number of carbonyl (C=O) groups excluding carboxylic acids is 2. The van der Waals surface area contributed by atoms with Gasteiger partial charge in [0.15, 0.2) is 0 Å². The van der Waals surface area contributed by atoms with Crippen LogP contribution in [0.4, 0.5) is 4.79 Å². The molecule has 1 saturated heterocycles. The molecule has 1 aliphatic heterocycles. The van der Waals surface area contributed by atoms with Gasteiger partial charge in [0.2, 0.25) is 5.91 Å². The van der Waals surface area contributed by atoms with Gasteiger partial charge in [0.25, 0.3) is 0 Å². The molecular weight excluding hydrogens is 270 g/mol. The van der Waals surface area contributed by atoms with Crippen LogP contribution in [-0.2, 0) is 14.3 Å². The Kier molecular flexibility index (Phi) is 7.72. The second-order valence-corrected chi connectivity index (χ2v) is 6.11. The van der Waals surface area contributed by atoms with Gasteiger partial charge >= 0.3 is 6.09 Å². The first-order valence-electron chi connectivity index (χ1n) is 8.06. The zero-order valence-electron chi connectivity index (χ0n) is 13.8. The maximum atomic E-state index is 12.4. The van der Waals surface area contributed by atoms with E-state index in [-0.39, 0.29) is 23.8 Å². The maximum absolute atomic E-state index is 12.4. The lowest BCUT2D eigenvalue weighted by Crippen LogP contribution is -2.44.